The number of benzene rings is 3. The van der Waals surface area contributed by atoms with Crippen molar-refractivity contribution in [2.24, 2.45) is 0 Å². The van der Waals surface area contributed by atoms with E-state index in [0.29, 0.717) is 79.1 Å². The summed E-state index contributed by atoms with van der Waals surface area (Å²) in [5.74, 6) is 0.732. The van der Waals surface area contributed by atoms with Crippen LogP contribution in [0.4, 0.5) is 0 Å². The highest BCUT2D eigenvalue weighted by Crippen LogP contribution is 2.31. The summed E-state index contributed by atoms with van der Waals surface area (Å²) in [4.78, 5) is 48.3. The van der Waals surface area contributed by atoms with Gasteiger partial charge in [-0.05, 0) is 104 Å². The van der Waals surface area contributed by atoms with Crippen LogP contribution in [-0.4, -0.2) is 63.7 Å². The van der Waals surface area contributed by atoms with Crippen molar-refractivity contribution < 1.29 is 52.3 Å². The predicted octanol–water partition coefficient (Wildman–Crippen LogP) is 7.03. The molecule has 11 nitrogen and oxygen atoms in total. The lowest BCUT2D eigenvalue weighted by Gasteiger charge is -2.12. The first-order valence-electron chi connectivity index (χ1n) is 15.7. The zero-order chi connectivity index (χ0) is 36.1. The lowest BCUT2D eigenvalue weighted by molar-refractivity contribution is -0.138. The van der Waals surface area contributed by atoms with Crippen LogP contribution in [0, 0.1) is 0 Å². The van der Waals surface area contributed by atoms with E-state index in [1.54, 1.807) is 54.6 Å². The smallest absolute Gasteiger partial charge is 0.343 e. The van der Waals surface area contributed by atoms with Gasteiger partial charge >= 0.3 is 17.9 Å². The van der Waals surface area contributed by atoms with E-state index in [1.165, 1.54) is 26.4 Å². The highest BCUT2D eigenvalue weighted by Gasteiger charge is 2.14. The molecule has 3 aromatic carbocycles. The molecule has 0 saturated heterocycles. The van der Waals surface area contributed by atoms with E-state index in [0.717, 1.165) is 29.5 Å². The van der Waals surface area contributed by atoms with Crippen molar-refractivity contribution in [1.82, 2.24) is 0 Å². The minimum atomic E-state index is -0.586. The number of carbonyl (C=O) groups is 4. The molecule has 50 heavy (non-hydrogen) atoms. The van der Waals surface area contributed by atoms with Crippen molar-refractivity contribution >= 4 is 40.9 Å². The fourth-order valence-corrected chi connectivity index (χ4v) is 4.75. The Morgan fingerprint density at radius 1 is 0.660 bits per heavy atom. The van der Waals surface area contributed by atoms with E-state index in [-0.39, 0.29) is 17.3 Å². The number of methoxy groups -OCH3 is 2. The van der Waals surface area contributed by atoms with Crippen LogP contribution in [0.5, 0.6) is 28.7 Å². The van der Waals surface area contributed by atoms with Crippen molar-refractivity contribution in [3.05, 3.63) is 103 Å². The molecule has 264 valence electrons. The number of hydrogen-bond acceptors (Lipinski definition) is 12. The quantitative estimate of drug-likeness (QED) is 0.0371. The normalized spacial score (nSPS) is 10.5. The summed E-state index contributed by atoms with van der Waals surface area (Å²) in [6.45, 7) is 8.06. The van der Waals surface area contributed by atoms with Gasteiger partial charge in [0.25, 0.3) is 0 Å². The Labute approximate surface area is 295 Å². The van der Waals surface area contributed by atoms with Crippen molar-refractivity contribution in [2.75, 3.05) is 40.6 Å². The lowest BCUT2D eigenvalue weighted by atomic mass is 10.2. The fraction of sp³-hybridized carbons (Fsp3) is 0.263. The molecule has 0 aliphatic heterocycles. The molecular formula is C38H40O11S. The van der Waals surface area contributed by atoms with Crippen molar-refractivity contribution in [3.8, 4) is 28.7 Å². The van der Waals surface area contributed by atoms with Crippen LogP contribution in [0.2, 0.25) is 0 Å². The third kappa shape index (κ3) is 13.6. The van der Waals surface area contributed by atoms with Crippen LogP contribution in [0.1, 0.15) is 41.6 Å². The van der Waals surface area contributed by atoms with Gasteiger partial charge < -0.3 is 33.2 Å². The molecule has 0 unspecified atom stereocenters. The van der Waals surface area contributed by atoms with E-state index < -0.39 is 17.9 Å². The average molecular weight is 705 g/mol. The van der Waals surface area contributed by atoms with Gasteiger partial charge in [-0.2, -0.15) is 0 Å². The molecule has 0 fully saturated rings. The second-order valence-electron chi connectivity index (χ2n) is 10.2. The van der Waals surface area contributed by atoms with E-state index in [2.05, 4.69) is 13.2 Å². The molecule has 3 rings (SSSR count). The molecule has 0 aliphatic rings. The van der Waals surface area contributed by atoms with Crippen LogP contribution in [0.3, 0.4) is 0 Å². The zero-order valence-electron chi connectivity index (χ0n) is 28.1. The molecular weight excluding hydrogens is 664 g/mol. The van der Waals surface area contributed by atoms with Crippen molar-refractivity contribution in [3.63, 3.8) is 0 Å². The third-order valence-corrected chi connectivity index (χ3v) is 7.51. The van der Waals surface area contributed by atoms with E-state index in [1.807, 2.05) is 6.07 Å². The number of rotatable bonds is 21. The minimum absolute atomic E-state index is 0.197. The average Bonchev–Trinajstić information content (AvgIpc) is 3.14. The maximum Gasteiger partial charge on any atom is 0.343 e. The molecule has 0 radical (unpaired) electrons. The number of thioether (sulfide) groups is 1. The van der Waals surface area contributed by atoms with Gasteiger partial charge in [0.2, 0.25) is 5.12 Å². The van der Waals surface area contributed by atoms with Crippen molar-refractivity contribution in [1.29, 1.82) is 0 Å². The van der Waals surface area contributed by atoms with Gasteiger partial charge in [-0.25, -0.2) is 14.4 Å². The Kier molecular flexibility index (Phi) is 16.7. The summed E-state index contributed by atoms with van der Waals surface area (Å²) in [6.07, 6.45) is 7.99. The first-order chi connectivity index (χ1) is 24.3. The van der Waals surface area contributed by atoms with Gasteiger partial charge in [-0.3, -0.25) is 4.79 Å². The summed E-state index contributed by atoms with van der Waals surface area (Å²) < 4.78 is 37.8. The van der Waals surface area contributed by atoms with E-state index >= 15 is 0 Å². The number of ether oxygens (including phenoxy) is 7. The third-order valence-electron chi connectivity index (χ3n) is 6.67. The first kappa shape index (κ1) is 39.0. The molecule has 0 spiro atoms. The van der Waals surface area contributed by atoms with Gasteiger partial charge in [0.1, 0.15) is 5.75 Å². The molecule has 0 aliphatic carbocycles. The molecule has 0 atom stereocenters. The van der Waals surface area contributed by atoms with Gasteiger partial charge in [0.15, 0.2) is 23.0 Å². The standard InChI is InChI=1S/C38H40O11S/c1-5-35(39)47-23-9-7-21-45-31-18-11-27(25-33(31)43-3)12-20-37(41)50-30-16-14-29(15-17-30)49-38(42)28-13-19-32(34(26-28)44-4)46-22-8-10-24-48-36(40)6-2/h5-6,11-20,25-26H,1-2,7-10,21-24H2,3-4H3/b20-12+. The Balaban J connectivity index is 1.46. The summed E-state index contributed by atoms with van der Waals surface area (Å²) in [5.41, 5.74) is 1.02. The monoisotopic (exact) mass is 704 g/mol. The molecule has 3 aromatic rings. The Hall–Kier alpha value is -5.49. The van der Waals surface area contributed by atoms with Crippen LogP contribution in [-0.2, 0) is 23.9 Å². The fourth-order valence-electron chi connectivity index (χ4n) is 4.11. The maximum atomic E-state index is 12.8. The topological polar surface area (TPSA) is 133 Å². The maximum absolute atomic E-state index is 12.8. The number of esters is 3. The number of unbranched alkanes of at least 4 members (excludes halogenated alkanes) is 2. The number of carbonyl (C=O) groups excluding carboxylic acids is 4. The molecule has 0 N–H and O–H groups in total. The van der Waals surface area contributed by atoms with Crippen LogP contribution >= 0.6 is 11.8 Å². The Morgan fingerprint density at radius 3 is 1.76 bits per heavy atom. The summed E-state index contributed by atoms with van der Waals surface area (Å²) in [5, 5.41) is -0.197. The summed E-state index contributed by atoms with van der Waals surface area (Å²) in [6, 6.07) is 16.7. The van der Waals surface area contributed by atoms with E-state index in [9.17, 15) is 19.2 Å². The van der Waals surface area contributed by atoms with E-state index in [4.69, 9.17) is 33.2 Å². The second kappa shape index (κ2) is 21.5. The largest absolute Gasteiger partial charge is 0.493 e. The first-order valence-corrected chi connectivity index (χ1v) is 16.5. The van der Waals surface area contributed by atoms with Gasteiger partial charge in [0.05, 0.1) is 46.2 Å². The molecule has 0 heterocycles. The van der Waals surface area contributed by atoms with Crippen molar-refractivity contribution in [2.45, 2.75) is 30.6 Å². The molecule has 12 heteroatoms. The van der Waals surface area contributed by atoms with Gasteiger partial charge in [-0.15, -0.1) is 0 Å². The zero-order valence-corrected chi connectivity index (χ0v) is 28.9. The molecule has 0 saturated carbocycles. The van der Waals surface area contributed by atoms with Gasteiger partial charge in [-0.1, -0.05) is 25.3 Å². The lowest BCUT2D eigenvalue weighted by Crippen LogP contribution is -2.09. The minimum Gasteiger partial charge on any atom is -0.493 e. The Bertz CT molecular complexity index is 1650. The molecule has 0 amide bonds. The van der Waals surface area contributed by atoms with Crippen LogP contribution in [0.25, 0.3) is 6.08 Å². The predicted molar refractivity (Wildman–Crippen MR) is 189 cm³/mol. The van der Waals surface area contributed by atoms with Crippen LogP contribution in [0.15, 0.2) is 96.9 Å². The Morgan fingerprint density at radius 2 is 1.20 bits per heavy atom. The highest BCUT2D eigenvalue weighted by atomic mass is 32.2. The molecule has 0 bridgehead atoms. The SMILES string of the molecule is C=CC(=O)OCCCCOc1ccc(/C=C/C(=O)Sc2ccc(OC(=O)c3ccc(OCCCCOC(=O)C=C)c(OC)c3)cc2)cc1OC. The summed E-state index contributed by atoms with van der Waals surface area (Å²) in [7, 11) is 3.01. The highest BCUT2D eigenvalue weighted by molar-refractivity contribution is 8.14. The van der Waals surface area contributed by atoms with Gasteiger partial charge in [0, 0.05) is 17.0 Å². The van der Waals surface area contributed by atoms with Crippen LogP contribution < -0.4 is 23.7 Å². The summed E-state index contributed by atoms with van der Waals surface area (Å²) >= 11 is 1.02. The number of hydrogen-bond donors (Lipinski definition) is 0. The molecule has 0 aromatic heterocycles. The second-order valence-corrected chi connectivity index (χ2v) is 11.3.